The lowest BCUT2D eigenvalue weighted by Gasteiger charge is -2.19. The van der Waals surface area contributed by atoms with E-state index in [9.17, 15) is 9.59 Å². The van der Waals surface area contributed by atoms with Gasteiger partial charge in [-0.05, 0) is 30.5 Å². The highest BCUT2D eigenvalue weighted by Crippen LogP contribution is 2.32. The second-order valence-corrected chi connectivity index (χ2v) is 6.50. The van der Waals surface area contributed by atoms with Crippen LogP contribution < -0.4 is 0 Å². The first-order valence-corrected chi connectivity index (χ1v) is 8.43. The predicted molar refractivity (Wildman–Crippen MR) is 90.7 cm³/mol. The summed E-state index contributed by atoms with van der Waals surface area (Å²) in [4.78, 5) is 25.3. The maximum absolute atomic E-state index is 12.7. The number of carbonyl (C=O) groups is 2. The zero-order valence-electron chi connectivity index (χ0n) is 12.5. The summed E-state index contributed by atoms with van der Waals surface area (Å²) in [7, 11) is 0. The molecule has 2 aromatic carbocycles. The van der Waals surface area contributed by atoms with E-state index < -0.39 is 0 Å². The third kappa shape index (κ3) is 2.54. The monoisotopic (exact) mass is 356 g/mol. The van der Waals surface area contributed by atoms with Gasteiger partial charge in [-0.3, -0.25) is 9.59 Å². The highest BCUT2D eigenvalue weighted by atomic mass is 79.9. The van der Waals surface area contributed by atoms with Crippen molar-refractivity contribution >= 4 is 27.5 Å². The summed E-state index contributed by atoms with van der Waals surface area (Å²) in [5.41, 5.74) is 3.17. The largest absolute Gasteiger partial charge is 0.289 e. The van der Waals surface area contributed by atoms with E-state index in [1.165, 1.54) is 6.42 Å². The van der Waals surface area contributed by atoms with Crippen molar-refractivity contribution < 1.29 is 9.59 Å². The minimum atomic E-state index is -0.0639. The second-order valence-electron chi connectivity index (χ2n) is 5.65. The van der Waals surface area contributed by atoms with E-state index >= 15 is 0 Å². The lowest BCUT2D eigenvalue weighted by atomic mass is 9.83. The van der Waals surface area contributed by atoms with Gasteiger partial charge < -0.3 is 0 Å². The van der Waals surface area contributed by atoms with Crippen molar-refractivity contribution in [3.63, 3.8) is 0 Å². The van der Waals surface area contributed by atoms with Crippen molar-refractivity contribution in [1.82, 2.24) is 0 Å². The van der Waals surface area contributed by atoms with Crippen LogP contribution in [0.2, 0.25) is 0 Å². The smallest absolute Gasteiger partial charge is 0.194 e. The van der Waals surface area contributed by atoms with Gasteiger partial charge in [0.15, 0.2) is 11.6 Å². The number of ketones is 2. The van der Waals surface area contributed by atoms with Crippen molar-refractivity contribution in [3.05, 3.63) is 68.7 Å². The van der Waals surface area contributed by atoms with Crippen LogP contribution in [0.1, 0.15) is 63.6 Å². The summed E-state index contributed by atoms with van der Waals surface area (Å²) in [5.74, 6) is -0.111. The summed E-state index contributed by atoms with van der Waals surface area (Å²) in [6.07, 6.45) is 4.34. The third-order valence-electron chi connectivity index (χ3n) is 4.14. The van der Waals surface area contributed by atoms with Crippen LogP contribution in [0.3, 0.4) is 0 Å². The van der Waals surface area contributed by atoms with Crippen LogP contribution in [0.15, 0.2) is 40.9 Å². The molecule has 0 spiro atoms. The van der Waals surface area contributed by atoms with Crippen LogP contribution in [0, 0.1) is 0 Å². The first-order chi connectivity index (χ1) is 10.6. The molecule has 0 fully saturated rings. The topological polar surface area (TPSA) is 34.1 Å². The fourth-order valence-corrected chi connectivity index (χ4v) is 3.46. The normalized spacial score (nSPS) is 13.0. The fourth-order valence-electron chi connectivity index (χ4n) is 2.92. The molecule has 3 rings (SSSR count). The lowest BCUT2D eigenvalue weighted by molar-refractivity contribution is 0.0979. The number of fused-ring (bicyclic) bond motifs is 2. The number of unbranched alkanes of at least 4 members (excludes halogenated alkanes) is 2. The van der Waals surface area contributed by atoms with Gasteiger partial charge in [0.2, 0.25) is 0 Å². The van der Waals surface area contributed by atoms with Gasteiger partial charge in [0.25, 0.3) is 0 Å². The van der Waals surface area contributed by atoms with Crippen molar-refractivity contribution in [2.45, 2.75) is 32.6 Å². The molecule has 0 aromatic heterocycles. The summed E-state index contributed by atoms with van der Waals surface area (Å²) in [6, 6.07) is 10.8. The van der Waals surface area contributed by atoms with Gasteiger partial charge >= 0.3 is 0 Å². The molecular formula is C19H17BrO2. The van der Waals surface area contributed by atoms with E-state index in [-0.39, 0.29) is 11.6 Å². The van der Waals surface area contributed by atoms with Gasteiger partial charge in [-0.25, -0.2) is 0 Å². The molecule has 112 valence electrons. The third-order valence-corrected chi connectivity index (χ3v) is 4.88. The Morgan fingerprint density at radius 1 is 0.864 bits per heavy atom. The van der Waals surface area contributed by atoms with Crippen LogP contribution in [0.4, 0.5) is 0 Å². The van der Waals surface area contributed by atoms with Gasteiger partial charge in [0.05, 0.1) is 0 Å². The maximum atomic E-state index is 12.7. The number of halogens is 1. The van der Waals surface area contributed by atoms with E-state index in [2.05, 4.69) is 22.9 Å². The molecule has 3 heteroatoms. The van der Waals surface area contributed by atoms with E-state index in [4.69, 9.17) is 0 Å². The maximum Gasteiger partial charge on any atom is 0.194 e. The molecule has 0 saturated heterocycles. The highest BCUT2D eigenvalue weighted by molar-refractivity contribution is 9.10. The summed E-state index contributed by atoms with van der Waals surface area (Å²) in [5, 5.41) is 0. The molecule has 0 amide bonds. The molecule has 1 aliphatic rings. The molecular weight excluding hydrogens is 340 g/mol. The summed E-state index contributed by atoms with van der Waals surface area (Å²) < 4.78 is 0.919. The van der Waals surface area contributed by atoms with Crippen molar-refractivity contribution in [2.75, 3.05) is 0 Å². The van der Waals surface area contributed by atoms with E-state index in [0.717, 1.165) is 29.3 Å². The Labute approximate surface area is 138 Å². The van der Waals surface area contributed by atoms with Gasteiger partial charge in [0, 0.05) is 26.7 Å². The SMILES string of the molecule is CCCCCc1cc2c(cc1Br)C(=O)c1ccccc1C2=O. The number of hydrogen-bond acceptors (Lipinski definition) is 2. The van der Waals surface area contributed by atoms with Crippen molar-refractivity contribution in [2.24, 2.45) is 0 Å². The van der Waals surface area contributed by atoms with E-state index in [0.29, 0.717) is 22.3 Å². The van der Waals surface area contributed by atoms with Crippen LogP contribution in [-0.4, -0.2) is 11.6 Å². The minimum absolute atomic E-state index is 0.0468. The quantitative estimate of drug-likeness (QED) is 0.619. The van der Waals surface area contributed by atoms with Gasteiger partial charge in [-0.2, -0.15) is 0 Å². The zero-order chi connectivity index (χ0) is 15.7. The first kappa shape index (κ1) is 15.2. The predicted octanol–water partition coefficient (Wildman–Crippen LogP) is 4.96. The standard InChI is InChI=1S/C19H17BrO2/c1-2-3-4-7-12-10-15-16(11-17(12)20)19(22)14-9-6-5-8-13(14)18(15)21/h5-6,8-11H,2-4,7H2,1H3. The molecule has 0 aliphatic heterocycles. The Hall–Kier alpha value is -1.74. The molecule has 0 bridgehead atoms. The van der Waals surface area contributed by atoms with E-state index in [1.807, 2.05) is 12.1 Å². The summed E-state index contributed by atoms with van der Waals surface area (Å²) in [6.45, 7) is 2.17. The molecule has 2 aromatic rings. The van der Waals surface area contributed by atoms with Gasteiger partial charge in [-0.1, -0.05) is 60.0 Å². The average Bonchev–Trinajstić information content (AvgIpc) is 2.54. The molecule has 2 nitrogen and oxygen atoms in total. The molecule has 0 unspecified atom stereocenters. The number of aryl methyl sites for hydroxylation is 1. The zero-order valence-corrected chi connectivity index (χ0v) is 14.1. The Bertz CT molecular complexity index is 762. The number of rotatable bonds is 4. The lowest BCUT2D eigenvalue weighted by Crippen LogP contribution is -2.21. The fraction of sp³-hybridized carbons (Fsp3) is 0.263. The molecule has 22 heavy (non-hydrogen) atoms. The first-order valence-electron chi connectivity index (χ1n) is 7.64. The van der Waals surface area contributed by atoms with E-state index in [1.54, 1.807) is 24.3 Å². The highest BCUT2D eigenvalue weighted by Gasteiger charge is 2.30. The minimum Gasteiger partial charge on any atom is -0.289 e. The molecule has 0 radical (unpaired) electrons. The molecule has 0 N–H and O–H groups in total. The van der Waals surface area contributed by atoms with Gasteiger partial charge in [0.1, 0.15) is 0 Å². The molecule has 0 heterocycles. The Morgan fingerprint density at radius 3 is 2.05 bits per heavy atom. The molecule has 0 saturated carbocycles. The van der Waals surface area contributed by atoms with Crippen LogP contribution in [0.25, 0.3) is 0 Å². The second kappa shape index (κ2) is 6.17. The van der Waals surface area contributed by atoms with Crippen molar-refractivity contribution in [1.29, 1.82) is 0 Å². The van der Waals surface area contributed by atoms with Gasteiger partial charge in [-0.15, -0.1) is 0 Å². The Morgan fingerprint density at radius 2 is 1.45 bits per heavy atom. The van der Waals surface area contributed by atoms with Crippen LogP contribution in [0.5, 0.6) is 0 Å². The number of carbonyl (C=O) groups excluding carboxylic acids is 2. The molecule has 0 atom stereocenters. The Balaban J connectivity index is 2.05. The van der Waals surface area contributed by atoms with Crippen molar-refractivity contribution in [3.8, 4) is 0 Å². The van der Waals surface area contributed by atoms with Crippen LogP contribution in [-0.2, 0) is 6.42 Å². The number of benzene rings is 2. The van der Waals surface area contributed by atoms with Crippen LogP contribution >= 0.6 is 15.9 Å². The Kier molecular flexibility index (Phi) is 4.25. The number of hydrogen-bond donors (Lipinski definition) is 0. The average molecular weight is 357 g/mol. The molecule has 1 aliphatic carbocycles. The summed E-state index contributed by atoms with van der Waals surface area (Å²) >= 11 is 3.55.